The van der Waals surface area contributed by atoms with Crippen LogP contribution in [-0.2, 0) is 38.7 Å². The molecule has 0 aliphatic rings. The van der Waals surface area contributed by atoms with Gasteiger partial charge in [0.15, 0.2) is 5.13 Å². The van der Waals surface area contributed by atoms with E-state index in [1.807, 2.05) is 67.6 Å². The Morgan fingerprint density at radius 3 is 2.24 bits per heavy atom. The van der Waals surface area contributed by atoms with Crippen LogP contribution >= 0.6 is 11.3 Å². The summed E-state index contributed by atoms with van der Waals surface area (Å²) in [7, 11) is 0. The lowest BCUT2D eigenvalue weighted by Crippen LogP contribution is -2.43. The lowest BCUT2D eigenvalue weighted by Gasteiger charge is -2.18. The van der Waals surface area contributed by atoms with Crippen molar-refractivity contribution >= 4 is 34.4 Å². The lowest BCUT2D eigenvalue weighted by atomic mass is 10.1. The first-order chi connectivity index (χ1) is 16.5. The number of thiazole rings is 1. The Labute approximate surface area is 202 Å². The Balaban J connectivity index is 1.61. The summed E-state index contributed by atoms with van der Waals surface area (Å²) in [6.45, 7) is 3.85. The number of anilines is 1. The van der Waals surface area contributed by atoms with E-state index in [1.54, 1.807) is 10.3 Å². The molecular weight excluding hydrogens is 454 g/mol. The third-order valence-corrected chi connectivity index (χ3v) is 5.81. The van der Waals surface area contributed by atoms with Gasteiger partial charge in [-0.3, -0.25) is 9.69 Å². The van der Waals surface area contributed by atoms with E-state index in [0.29, 0.717) is 17.4 Å². The molecule has 3 rings (SSSR count). The van der Waals surface area contributed by atoms with Gasteiger partial charge in [-0.25, -0.2) is 14.6 Å². The van der Waals surface area contributed by atoms with E-state index in [1.165, 1.54) is 18.3 Å². The Kier molecular flexibility index (Phi) is 9.16. The van der Waals surface area contributed by atoms with Crippen molar-refractivity contribution < 1.29 is 23.9 Å². The summed E-state index contributed by atoms with van der Waals surface area (Å²) in [6, 6.07) is 17.7. The van der Waals surface area contributed by atoms with E-state index < -0.39 is 18.1 Å². The number of alkyl carbamates (subject to hydrolysis) is 1. The predicted molar refractivity (Wildman–Crippen MR) is 129 cm³/mol. The van der Waals surface area contributed by atoms with Crippen LogP contribution in [0.5, 0.6) is 0 Å². The molecule has 0 radical (unpaired) electrons. The highest BCUT2D eigenvalue weighted by Gasteiger charge is 2.24. The second-order valence-corrected chi connectivity index (χ2v) is 8.28. The number of amides is 2. The van der Waals surface area contributed by atoms with Gasteiger partial charge in [-0.15, -0.1) is 11.3 Å². The summed E-state index contributed by atoms with van der Waals surface area (Å²) in [4.78, 5) is 42.9. The Morgan fingerprint density at radius 1 is 0.971 bits per heavy atom. The molecule has 0 spiro atoms. The normalized spacial score (nSPS) is 11.4. The van der Waals surface area contributed by atoms with Gasteiger partial charge in [-0.05, 0) is 18.1 Å². The summed E-state index contributed by atoms with van der Waals surface area (Å²) >= 11 is 1.30. The second-order valence-electron chi connectivity index (χ2n) is 7.44. The van der Waals surface area contributed by atoms with Crippen molar-refractivity contribution in [2.75, 3.05) is 11.4 Å². The molecule has 9 heteroatoms. The van der Waals surface area contributed by atoms with Crippen molar-refractivity contribution in [3.63, 3.8) is 0 Å². The zero-order chi connectivity index (χ0) is 24.3. The molecule has 1 N–H and O–H groups in total. The van der Waals surface area contributed by atoms with Crippen molar-refractivity contribution in [2.24, 2.45) is 0 Å². The van der Waals surface area contributed by atoms with Crippen LogP contribution in [0.3, 0.4) is 0 Å². The van der Waals surface area contributed by atoms with Gasteiger partial charge in [0.05, 0.1) is 5.69 Å². The topological polar surface area (TPSA) is 97.8 Å². The van der Waals surface area contributed by atoms with Crippen LogP contribution in [0.15, 0.2) is 66.0 Å². The van der Waals surface area contributed by atoms with E-state index in [-0.39, 0.29) is 25.5 Å². The summed E-state index contributed by atoms with van der Waals surface area (Å²) in [5.74, 6) is -0.712. The van der Waals surface area contributed by atoms with Gasteiger partial charge in [-0.1, -0.05) is 60.7 Å². The number of benzene rings is 2. The molecule has 0 bridgehead atoms. The van der Waals surface area contributed by atoms with Crippen LogP contribution < -0.4 is 10.2 Å². The minimum absolute atomic E-state index is 0.0726. The third kappa shape index (κ3) is 7.41. The van der Waals surface area contributed by atoms with Gasteiger partial charge in [0.25, 0.3) is 0 Å². The largest absolute Gasteiger partial charge is 0.458 e. The average molecular weight is 482 g/mol. The van der Waals surface area contributed by atoms with Gasteiger partial charge >= 0.3 is 12.1 Å². The van der Waals surface area contributed by atoms with Crippen LogP contribution in [-0.4, -0.2) is 35.5 Å². The SMILES string of the molecule is CCN(C(C)=O)c1nc(COC(=O)[C@H](Cc2ccccc2)NC(=O)OCc2ccccc2)cs1. The number of carbonyl (C=O) groups is 3. The van der Waals surface area contributed by atoms with Crippen LogP contribution in [0.2, 0.25) is 0 Å². The fourth-order valence-electron chi connectivity index (χ4n) is 3.17. The number of aromatic nitrogens is 1. The van der Waals surface area contributed by atoms with Crippen LogP contribution in [0.1, 0.15) is 30.7 Å². The van der Waals surface area contributed by atoms with Gasteiger partial charge in [-0.2, -0.15) is 0 Å². The Hall–Kier alpha value is -3.72. The highest BCUT2D eigenvalue weighted by molar-refractivity contribution is 7.14. The molecule has 2 amide bonds. The quantitative estimate of drug-likeness (QED) is 0.438. The number of nitrogens with one attached hydrogen (secondary N) is 1. The number of esters is 1. The van der Waals surface area contributed by atoms with E-state index in [0.717, 1.165) is 11.1 Å². The first kappa shape index (κ1) is 24.9. The number of nitrogens with zero attached hydrogens (tertiary/aromatic N) is 2. The first-order valence-electron chi connectivity index (χ1n) is 10.9. The maximum atomic E-state index is 12.9. The van der Waals surface area contributed by atoms with Gasteiger partial charge in [0.1, 0.15) is 19.3 Å². The Morgan fingerprint density at radius 2 is 1.62 bits per heavy atom. The minimum Gasteiger partial charge on any atom is -0.458 e. The molecule has 8 nitrogen and oxygen atoms in total. The molecule has 0 saturated heterocycles. The highest BCUT2D eigenvalue weighted by atomic mass is 32.1. The molecule has 34 heavy (non-hydrogen) atoms. The summed E-state index contributed by atoms with van der Waals surface area (Å²) in [5.41, 5.74) is 2.23. The maximum absolute atomic E-state index is 12.9. The van der Waals surface area contributed by atoms with E-state index in [4.69, 9.17) is 9.47 Å². The molecule has 1 heterocycles. The molecule has 0 unspecified atom stereocenters. The van der Waals surface area contributed by atoms with Crippen molar-refractivity contribution in [3.05, 3.63) is 82.9 Å². The van der Waals surface area contributed by atoms with Crippen molar-refractivity contribution in [1.29, 1.82) is 0 Å². The fraction of sp³-hybridized carbons (Fsp3) is 0.280. The number of carbonyl (C=O) groups excluding carboxylic acids is 3. The average Bonchev–Trinajstić information content (AvgIpc) is 3.31. The molecular formula is C25H27N3O5S. The molecule has 0 saturated carbocycles. The first-order valence-corrected chi connectivity index (χ1v) is 11.7. The number of rotatable bonds is 10. The molecule has 0 fully saturated rings. The highest BCUT2D eigenvalue weighted by Crippen LogP contribution is 2.21. The molecule has 1 aromatic heterocycles. The number of hydrogen-bond donors (Lipinski definition) is 1. The summed E-state index contributed by atoms with van der Waals surface area (Å²) < 4.78 is 10.7. The number of ether oxygens (including phenoxy) is 2. The third-order valence-electron chi connectivity index (χ3n) is 4.90. The Bertz CT molecular complexity index is 1090. The standard InChI is InChI=1S/C25H27N3O5S/c1-3-28(18(2)29)24-26-21(17-34-24)16-32-23(30)22(14-19-10-6-4-7-11-19)27-25(31)33-15-20-12-8-5-9-13-20/h4-13,17,22H,3,14-16H2,1-2H3,(H,27,31)/t22-/m0/s1. The van der Waals surface area contributed by atoms with Gasteiger partial charge < -0.3 is 14.8 Å². The molecule has 0 aliphatic carbocycles. The van der Waals surface area contributed by atoms with Crippen LogP contribution in [0.4, 0.5) is 9.93 Å². The smallest absolute Gasteiger partial charge is 0.408 e. The lowest BCUT2D eigenvalue weighted by molar-refractivity contribution is -0.147. The van der Waals surface area contributed by atoms with E-state index >= 15 is 0 Å². The van der Waals surface area contributed by atoms with E-state index in [9.17, 15) is 14.4 Å². The van der Waals surface area contributed by atoms with Crippen LogP contribution in [0, 0.1) is 0 Å². The van der Waals surface area contributed by atoms with Crippen LogP contribution in [0.25, 0.3) is 0 Å². The second kappa shape index (κ2) is 12.5. The molecule has 0 aliphatic heterocycles. The summed E-state index contributed by atoms with van der Waals surface area (Å²) in [5, 5.41) is 4.90. The van der Waals surface area contributed by atoms with Crippen molar-refractivity contribution in [1.82, 2.24) is 10.3 Å². The number of hydrogen-bond acceptors (Lipinski definition) is 7. The minimum atomic E-state index is -0.937. The molecule has 2 aromatic carbocycles. The zero-order valence-electron chi connectivity index (χ0n) is 19.1. The molecule has 1 atom stereocenters. The predicted octanol–water partition coefficient (Wildman–Crippen LogP) is 4.10. The van der Waals surface area contributed by atoms with Crippen molar-refractivity contribution in [3.8, 4) is 0 Å². The monoisotopic (exact) mass is 481 g/mol. The zero-order valence-corrected chi connectivity index (χ0v) is 19.9. The molecule has 178 valence electrons. The van der Waals surface area contributed by atoms with E-state index in [2.05, 4.69) is 10.3 Å². The maximum Gasteiger partial charge on any atom is 0.408 e. The molecule has 3 aromatic rings. The fourth-order valence-corrected chi connectivity index (χ4v) is 4.09. The van der Waals surface area contributed by atoms with Crippen molar-refractivity contribution in [2.45, 2.75) is 39.5 Å². The van der Waals surface area contributed by atoms with Gasteiger partial charge in [0.2, 0.25) is 5.91 Å². The summed E-state index contributed by atoms with van der Waals surface area (Å²) in [6.07, 6.45) is -0.464. The van der Waals surface area contributed by atoms with Gasteiger partial charge in [0, 0.05) is 25.3 Å².